The summed E-state index contributed by atoms with van der Waals surface area (Å²) in [7, 11) is 0. The van der Waals surface area contributed by atoms with E-state index < -0.39 is 5.97 Å². The highest BCUT2D eigenvalue weighted by Crippen LogP contribution is 2.28. The summed E-state index contributed by atoms with van der Waals surface area (Å²) >= 11 is 0. The normalized spacial score (nSPS) is 16.1. The molecule has 2 aromatic rings. The molecule has 1 aliphatic heterocycles. The second-order valence-electron chi connectivity index (χ2n) is 7.48. The highest BCUT2D eigenvalue weighted by Gasteiger charge is 2.25. The summed E-state index contributed by atoms with van der Waals surface area (Å²) in [6.07, 6.45) is 5.53. The third-order valence-electron chi connectivity index (χ3n) is 4.35. The lowest BCUT2D eigenvalue weighted by molar-refractivity contribution is 0.0607. The van der Waals surface area contributed by atoms with Crippen LogP contribution in [0, 0.1) is 5.92 Å². The van der Waals surface area contributed by atoms with E-state index in [-0.39, 0.29) is 11.2 Å². The Hall–Kier alpha value is -2.28. The molecule has 0 bridgehead atoms. The van der Waals surface area contributed by atoms with E-state index in [2.05, 4.69) is 35.3 Å². The molecule has 2 aromatic heterocycles. The molecule has 1 fully saturated rings. The maximum atomic E-state index is 11.1. The Morgan fingerprint density at radius 2 is 2.00 bits per heavy atom. The van der Waals surface area contributed by atoms with E-state index in [1.54, 1.807) is 6.07 Å². The van der Waals surface area contributed by atoms with Crippen LogP contribution in [0.25, 0.3) is 11.4 Å². The molecular formula is C18H24N4O3. The molecule has 1 N–H and O–H groups in total. The van der Waals surface area contributed by atoms with Gasteiger partial charge in [0.1, 0.15) is 11.5 Å². The lowest BCUT2D eigenvalue weighted by Gasteiger charge is -2.25. The third kappa shape index (κ3) is 4.04. The molecule has 3 heterocycles. The van der Waals surface area contributed by atoms with Gasteiger partial charge in [-0.2, -0.15) is 0 Å². The van der Waals surface area contributed by atoms with Gasteiger partial charge in [0.15, 0.2) is 0 Å². The minimum absolute atomic E-state index is 0.119. The molecule has 1 aliphatic rings. The number of aromatic carboxylic acids is 1. The molecule has 0 radical (unpaired) electrons. The predicted molar refractivity (Wildman–Crippen MR) is 92.5 cm³/mol. The molecular weight excluding hydrogens is 320 g/mol. The number of aromatic nitrogens is 4. The van der Waals surface area contributed by atoms with Crippen LogP contribution < -0.4 is 0 Å². The summed E-state index contributed by atoms with van der Waals surface area (Å²) in [5, 5.41) is 9.10. The molecule has 3 rings (SSSR count). The van der Waals surface area contributed by atoms with Gasteiger partial charge in [0.2, 0.25) is 5.82 Å². The third-order valence-corrected chi connectivity index (χ3v) is 4.35. The van der Waals surface area contributed by atoms with Gasteiger partial charge >= 0.3 is 5.97 Å². The SMILES string of the molecule is CC(C)(C)c1nc(-c2ccnc(C(=O)O)n2)cn1CC1CCOCC1. The van der Waals surface area contributed by atoms with Gasteiger partial charge in [0.25, 0.3) is 0 Å². The number of carboxylic acids is 1. The summed E-state index contributed by atoms with van der Waals surface area (Å²) in [5.74, 6) is 0.190. The largest absolute Gasteiger partial charge is 0.475 e. The smallest absolute Gasteiger partial charge is 0.373 e. The maximum Gasteiger partial charge on any atom is 0.373 e. The number of carbonyl (C=O) groups is 1. The number of hydrogen-bond donors (Lipinski definition) is 1. The van der Waals surface area contributed by atoms with Crippen molar-refractivity contribution in [1.29, 1.82) is 0 Å². The van der Waals surface area contributed by atoms with E-state index in [0.29, 0.717) is 17.3 Å². The molecule has 0 unspecified atom stereocenters. The van der Waals surface area contributed by atoms with Crippen molar-refractivity contribution in [3.8, 4) is 11.4 Å². The van der Waals surface area contributed by atoms with Gasteiger partial charge < -0.3 is 14.4 Å². The summed E-state index contributed by atoms with van der Waals surface area (Å²) in [6, 6.07) is 1.69. The Morgan fingerprint density at radius 3 is 2.64 bits per heavy atom. The zero-order valence-corrected chi connectivity index (χ0v) is 14.9. The first kappa shape index (κ1) is 17.5. The zero-order valence-electron chi connectivity index (χ0n) is 14.9. The zero-order chi connectivity index (χ0) is 18.0. The fraction of sp³-hybridized carbons (Fsp3) is 0.556. The molecule has 25 heavy (non-hydrogen) atoms. The monoisotopic (exact) mass is 344 g/mol. The average molecular weight is 344 g/mol. The van der Waals surface area contributed by atoms with E-state index in [4.69, 9.17) is 14.8 Å². The van der Waals surface area contributed by atoms with Crippen molar-refractivity contribution >= 4 is 5.97 Å². The van der Waals surface area contributed by atoms with Crippen LogP contribution in [0.5, 0.6) is 0 Å². The first-order valence-electron chi connectivity index (χ1n) is 8.56. The quantitative estimate of drug-likeness (QED) is 0.917. The van der Waals surface area contributed by atoms with Crippen LogP contribution in [0.1, 0.15) is 50.1 Å². The summed E-state index contributed by atoms with van der Waals surface area (Å²) < 4.78 is 7.64. The van der Waals surface area contributed by atoms with Crippen LogP contribution in [0.2, 0.25) is 0 Å². The van der Waals surface area contributed by atoms with Crippen molar-refractivity contribution in [1.82, 2.24) is 19.5 Å². The van der Waals surface area contributed by atoms with Crippen LogP contribution in [-0.4, -0.2) is 43.8 Å². The molecule has 7 nitrogen and oxygen atoms in total. The van der Waals surface area contributed by atoms with Gasteiger partial charge in [0, 0.05) is 37.6 Å². The molecule has 0 atom stereocenters. The van der Waals surface area contributed by atoms with Crippen molar-refractivity contribution < 1.29 is 14.6 Å². The Kier molecular flexibility index (Phi) is 4.85. The Balaban J connectivity index is 1.95. The lowest BCUT2D eigenvalue weighted by atomic mass is 9.94. The van der Waals surface area contributed by atoms with Gasteiger partial charge in [0.05, 0.1) is 5.69 Å². The van der Waals surface area contributed by atoms with Crippen LogP contribution in [0.3, 0.4) is 0 Å². The fourth-order valence-corrected chi connectivity index (χ4v) is 3.09. The van der Waals surface area contributed by atoms with E-state index >= 15 is 0 Å². The lowest BCUT2D eigenvalue weighted by Crippen LogP contribution is -2.24. The summed E-state index contributed by atoms with van der Waals surface area (Å²) in [6.45, 7) is 8.89. The van der Waals surface area contributed by atoms with Crippen molar-refractivity contribution in [2.45, 2.75) is 45.6 Å². The number of carboxylic acid groups (broad SMARTS) is 1. The summed E-state index contributed by atoms with van der Waals surface area (Å²) in [5.41, 5.74) is 1.09. The van der Waals surface area contributed by atoms with Gasteiger partial charge in [-0.3, -0.25) is 0 Å². The Morgan fingerprint density at radius 1 is 1.28 bits per heavy atom. The van der Waals surface area contributed by atoms with Crippen molar-refractivity contribution in [3.05, 3.63) is 30.1 Å². The fourth-order valence-electron chi connectivity index (χ4n) is 3.09. The van der Waals surface area contributed by atoms with Crippen LogP contribution in [0.4, 0.5) is 0 Å². The van der Waals surface area contributed by atoms with Crippen molar-refractivity contribution in [3.63, 3.8) is 0 Å². The molecule has 1 saturated heterocycles. The van der Waals surface area contributed by atoms with Crippen molar-refractivity contribution in [2.24, 2.45) is 5.92 Å². The number of hydrogen-bond acceptors (Lipinski definition) is 5. The van der Waals surface area contributed by atoms with Crippen LogP contribution in [0.15, 0.2) is 18.5 Å². The number of imidazole rings is 1. The highest BCUT2D eigenvalue weighted by molar-refractivity contribution is 5.83. The minimum Gasteiger partial charge on any atom is -0.475 e. The number of nitrogens with zero attached hydrogens (tertiary/aromatic N) is 4. The Labute approximate surface area is 147 Å². The second kappa shape index (κ2) is 6.92. The standard InChI is InChI=1S/C18H24N4O3/c1-18(2,3)17-21-14(13-4-7-19-15(20-13)16(23)24)11-22(17)10-12-5-8-25-9-6-12/h4,7,11-12H,5-6,8-10H2,1-3H3,(H,23,24). The number of ether oxygens (including phenoxy) is 1. The summed E-state index contributed by atoms with van der Waals surface area (Å²) in [4.78, 5) is 23.8. The van der Waals surface area contributed by atoms with Gasteiger partial charge in [-0.25, -0.2) is 19.7 Å². The average Bonchev–Trinajstić information content (AvgIpc) is 3.00. The van der Waals surface area contributed by atoms with Gasteiger partial charge in [-0.05, 0) is 24.8 Å². The first-order valence-corrected chi connectivity index (χ1v) is 8.56. The molecule has 7 heteroatoms. The van der Waals surface area contributed by atoms with E-state index in [9.17, 15) is 4.79 Å². The van der Waals surface area contributed by atoms with E-state index in [1.165, 1.54) is 6.20 Å². The molecule has 0 saturated carbocycles. The van der Waals surface area contributed by atoms with Crippen molar-refractivity contribution in [2.75, 3.05) is 13.2 Å². The van der Waals surface area contributed by atoms with E-state index in [1.807, 2.05) is 6.20 Å². The molecule has 0 aromatic carbocycles. The van der Waals surface area contributed by atoms with Gasteiger partial charge in [-0.15, -0.1) is 0 Å². The topological polar surface area (TPSA) is 90.1 Å². The minimum atomic E-state index is -1.14. The van der Waals surface area contributed by atoms with Gasteiger partial charge in [-0.1, -0.05) is 20.8 Å². The van der Waals surface area contributed by atoms with Crippen LogP contribution >= 0.6 is 0 Å². The highest BCUT2D eigenvalue weighted by atomic mass is 16.5. The first-order chi connectivity index (χ1) is 11.8. The predicted octanol–water partition coefficient (Wildman–Crippen LogP) is 2.76. The molecule has 0 amide bonds. The second-order valence-corrected chi connectivity index (χ2v) is 7.48. The Bertz CT molecular complexity index is 758. The molecule has 0 aliphatic carbocycles. The molecule has 0 spiro atoms. The van der Waals surface area contributed by atoms with E-state index in [0.717, 1.165) is 38.4 Å². The molecule has 134 valence electrons. The maximum absolute atomic E-state index is 11.1. The number of rotatable bonds is 4. The van der Waals surface area contributed by atoms with Crippen LogP contribution in [-0.2, 0) is 16.7 Å².